The zero-order valence-electron chi connectivity index (χ0n) is 18.5. The van der Waals surface area contributed by atoms with Crippen molar-refractivity contribution in [2.24, 2.45) is 0 Å². The molecule has 0 bridgehead atoms. The lowest BCUT2D eigenvalue weighted by molar-refractivity contribution is 0.340. The number of benzene rings is 2. The standard InChI is InChI=1S/C25H25N3O4/c1-5-31-21-11-10-15-8-6-7-9-16(15)17(21)12-19-23(29)28-20(24(30)27-19)13-18-22(25(2,3)4)32-14-26-18/h6-14H,5H2,1-4H3,(H,27,30)(H,28,29)/b19-12-,20-13-. The van der Waals surface area contributed by atoms with Crippen molar-refractivity contribution in [3.63, 3.8) is 0 Å². The molecule has 7 heteroatoms. The Kier molecular flexibility index (Phi) is 5.57. The van der Waals surface area contributed by atoms with Crippen molar-refractivity contribution in [1.29, 1.82) is 0 Å². The average molecular weight is 431 g/mol. The Morgan fingerprint density at radius 1 is 1.00 bits per heavy atom. The van der Waals surface area contributed by atoms with Gasteiger partial charge in [-0.1, -0.05) is 51.1 Å². The number of nitrogens with one attached hydrogen (secondary N) is 2. The molecule has 2 aromatic carbocycles. The summed E-state index contributed by atoms with van der Waals surface area (Å²) in [5.41, 5.74) is 0.0778. The molecule has 0 aliphatic carbocycles. The predicted molar refractivity (Wildman–Crippen MR) is 124 cm³/mol. The number of ether oxygens (including phenoxy) is 1. The molecule has 2 heterocycles. The summed E-state index contributed by atoms with van der Waals surface area (Å²) in [5, 5.41) is 2.17. The normalized spacial score (nSPS) is 13.1. The first-order chi connectivity index (χ1) is 15.3. The fourth-order valence-corrected chi connectivity index (χ4v) is 3.60. The molecule has 0 aliphatic heterocycles. The molecule has 32 heavy (non-hydrogen) atoms. The van der Waals surface area contributed by atoms with Crippen molar-refractivity contribution < 1.29 is 9.15 Å². The molecule has 0 aliphatic rings. The smallest absolute Gasteiger partial charge is 0.272 e. The van der Waals surface area contributed by atoms with E-state index in [-0.39, 0.29) is 16.1 Å². The number of H-pyrrole nitrogens is 2. The maximum Gasteiger partial charge on any atom is 0.272 e. The molecule has 4 aromatic rings. The molecule has 0 unspecified atom stereocenters. The van der Waals surface area contributed by atoms with Crippen LogP contribution in [0.15, 0.2) is 56.8 Å². The monoisotopic (exact) mass is 431 g/mol. The van der Waals surface area contributed by atoms with E-state index in [2.05, 4.69) is 15.0 Å². The van der Waals surface area contributed by atoms with Gasteiger partial charge < -0.3 is 19.1 Å². The van der Waals surface area contributed by atoms with Crippen molar-refractivity contribution in [2.45, 2.75) is 33.1 Å². The molecule has 2 N–H and O–H groups in total. The topological polar surface area (TPSA) is 101 Å². The Hall–Kier alpha value is -3.87. The van der Waals surface area contributed by atoms with E-state index in [0.29, 0.717) is 23.8 Å². The summed E-state index contributed by atoms with van der Waals surface area (Å²) in [6.07, 6.45) is 4.50. The maximum absolute atomic E-state index is 12.9. The van der Waals surface area contributed by atoms with Crippen LogP contribution in [0.25, 0.3) is 22.9 Å². The number of fused-ring (bicyclic) bond motifs is 1. The number of nitrogens with zero attached hydrogens (tertiary/aromatic N) is 1. The molecule has 0 saturated heterocycles. The minimum atomic E-state index is -0.433. The highest BCUT2D eigenvalue weighted by Crippen LogP contribution is 2.28. The van der Waals surface area contributed by atoms with Gasteiger partial charge in [-0.15, -0.1) is 0 Å². The Morgan fingerprint density at radius 3 is 2.38 bits per heavy atom. The number of aromatic amines is 2. The Bertz CT molecular complexity index is 1520. The number of hydrogen-bond acceptors (Lipinski definition) is 5. The van der Waals surface area contributed by atoms with Crippen molar-refractivity contribution >= 4 is 22.9 Å². The molecule has 0 spiro atoms. The highest BCUT2D eigenvalue weighted by Gasteiger charge is 2.22. The van der Waals surface area contributed by atoms with Crippen LogP contribution in [0.3, 0.4) is 0 Å². The summed E-state index contributed by atoms with van der Waals surface area (Å²) < 4.78 is 11.3. The number of hydrogen-bond donors (Lipinski definition) is 2. The fourth-order valence-electron chi connectivity index (χ4n) is 3.60. The van der Waals surface area contributed by atoms with E-state index in [1.807, 2.05) is 64.1 Å². The maximum atomic E-state index is 12.9. The van der Waals surface area contributed by atoms with Gasteiger partial charge in [0.2, 0.25) is 0 Å². The summed E-state index contributed by atoms with van der Waals surface area (Å²) in [6, 6.07) is 11.6. The molecule has 0 fully saturated rings. The third-order valence-electron chi connectivity index (χ3n) is 5.06. The van der Waals surface area contributed by atoms with E-state index < -0.39 is 11.1 Å². The van der Waals surface area contributed by atoms with Gasteiger partial charge in [-0.2, -0.15) is 0 Å². The van der Waals surface area contributed by atoms with Crippen molar-refractivity contribution in [2.75, 3.05) is 6.61 Å². The van der Waals surface area contributed by atoms with E-state index in [4.69, 9.17) is 9.15 Å². The van der Waals surface area contributed by atoms with Crippen LogP contribution in [0.2, 0.25) is 0 Å². The van der Waals surface area contributed by atoms with Crippen molar-refractivity contribution in [3.8, 4) is 5.75 Å². The summed E-state index contributed by atoms with van der Waals surface area (Å²) in [7, 11) is 0. The van der Waals surface area contributed by atoms with Gasteiger partial charge in [0.15, 0.2) is 6.39 Å². The number of rotatable bonds is 4. The second-order valence-electron chi connectivity index (χ2n) is 8.47. The number of aromatic nitrogens is 3. The second kappa shape index (κ2) is 8.34. The molecule has 2 aromatic heterocycles. The van der Waals surface area contributed by atoms with Gasteiger partial charge in [0.05, 0.1) is 6.61 Å². The van der Waals surface area contributed by atoms with E-state index in [1.54, 1.807) is 6.08 Å². The Morgan fingerprint density at radius 2 is 1.69 bits per heavy atom. The SMILES string of the molecule is CCOc1ccc2ccccc2c1/C=c1\[nH]c(=O)/c(=C/c2ncoc2C(C)(C)C)[nH]c1=O. The van der Waals surface area contributed by atoms with Crippen LogP contribution in [0.4, 0.5) is 0 Å². The quantitative estimate of drug-likeness (QED) is 0.517. The van der Waals surface area contributed by atoms with E-state index in [1.165, 1.54) is 12.5 Å². The van der Waals surface area contributed by atoms with Crippen LogP contribution in [-0.2, 0) is 5.41 Å². The molecular weight excluding hydrogens is 406 g/mol. The lowest BCUT2D eigenvalue weighted by atomic mass is 9.92. The Balaban J connectivity index is 1.91. The Labute approximate surface area is 184 Å². The largest absolute Gasteiger partial charge is 0.493 e. The molecular formula is C25H25N3O4. The third kappa shape index (κ3) is 4.14. The van der Waals surface area contributed by atoms with Gasteiger partial charge in [0.1, 0.15) is 27.9 Å². The zero-order chi connectivity index (χ0) is 22.9. The zero-order valence-corrected chi connectivity index (χ0v) is 18.5. The lowest BCUT2D eigenvalue weighted by Gasteiger charge is -2.14. The van der Waals surface area contributed by atoms with Crippen LogP contribution in [0.1, 0.15) is 44.7 Å². The summed E-state index contributed by atoms with van der Waals surface area (Å²) in [5.74, 6) is 1.27. The minimum Gasteiger partial charge on any atom is -0.493 e. The van der Waals surface area contributed by atoms with Gasteiger partial charge >= 0.3 is 0 Å². The summed E-state index contributed by atoms with van der Waals surface area (Å²) >= 11 is 0. The molecule has 0 saturated carbocycles. The van der Waals surface area contributed by atoms with Crippen LogP contribution in [0.5, 0.6) is 5.75 Å². The first-order valence-electron chi connectivity index (χ1n) is 10.4. The molecule has 0 amide bonds. The van der Waals surface area contributed by atoms with Crippen LogP contribution < -0.4 is 26.6 Å². The molecule has 0 atom stereocenters. The second-order valence-corrected chi connectivity index (χ2v) is 8.47. The van der Waals surface area contributed by atoms with Crippen molar-refractivity contribution in [1.82, 2.24) is 15.0 Å². The van der Waals surface area contributed by atoms with Gasteiger partial charge in [0.25, 0.3) is 11.1 Å². The third-order valence-corrected chi connectivity index (χ3v) is 5.06. The fraction of sp³-hybridized carbons (Fsp3) is 0.240. The summed E-state index contributed by atoms with van der Waals surface area (Å²) in [6.45, 7) is 8.32. The number of oxazole rings is 1. The minimum absolute atomic E-state index is 0.106. The van der Waals surface area contributed by atoms with E-state index in [0.717, 1.165) is 16.3 Å². The van der Waals surface area contributed by atoms with Crippen LogP contribution >= 0.6 is 0 Å². The molecule has 4 rings (SSSR count). The average Bonchev–Trinajstić information content (AvgIpc) is 3.22. The molecule has 7 nitrogen and oxygen atoms in total. The summed E-state index contributed by atoms with van der Waals surface area (Å²) in [4.78, 5) is 35.2. The predicted octanol–water partition coefficient (Wildman–Crippen LogP) is 2.56. The van der Waals surface area contributed by atoms with Gasteiger partial charge in [-0.05, 0) is 35.9 Å². The highest BCUT2D eigenvalue weighted by molar-refractivity contribution is 5.92. The molecule has 164 valence electrons. The lowest BCUT2D eigenvalue weighted by Crippen LogP contribution is -2.46. The highest BCUT2D eigenvalue weighted by atomic mass is 16.5. The molecule has 0 radical (unpaired) electrons. The van der Waals surface area contributed by atoms with Crippen LogP contribution in [0, 0.1) is 0 Å². The van der Waals surface area contributed by atoms with Gasteiger partial charge in [0, 0.05) is 11.0 Å². The first-order valence-corrected chi connectivity index (χ1v) is 10.4. The van der Waals surface area contributed by atoms with Crippen molar-refractivity contribution in [3.05, 3.63) is 91.2 Å². The van der Waals surface area contributed by atoms with Gasteiger partial charge in [-0.3, -0.25) is 9.59 Å². The van der Waals surface area contributed by atoms with E-state index >= 15 is 0 Å². The van der Waals surface area contributed by atoms with E-state index in [9.17, 15) is 9.59 Å². The first kappa shape index (κ1) is 21.4. The van der Waals surface area contributed by atoms with Crippen LogP contribution in [-0.4, -0.2) is 21.6 Å². The van der Waals surface area contributed by atoms with Gasteiger partial charge in [-0.25, -0.2) is 4.98 Å².